The van der Waals surface area contributed by atoms with E-state index in [2.05, 4.69) is 5.32 Å². The molecule has 24 heavy (non-hydrogen) atoms. The minimum absolute atomic E-state index is 0.0954. The second kappa shape index (κ2) is 8.33. The van der Waals surface area contributed by atoms with Crippen LogP contribution in [0.25, 0.3) is 0 Å². The fourth-order valence-corrected chi connectivity index (χ4v) is 2.16. The van der Waals surface area contributed by atoms with Gasteiger partial charge in [-0.3, -0.25) is 9.59 Å². The third-order valence-electron chi connectivity index (χ3n) is 3.85. The number of ketones is 1. The first kappa shape index (κ1) is 19.5. The number of carbonyl (C=O) groups excluding carboxylic acids is 3. The SMILES string of the molecule is CCOC(=O)C(C)(C(C)=O)C(Nc1ccc(OC)cc1)C(=O)OC. The van der Waals surface area contributed by atoms with Gasteiger partial charge in [-0.15, -0.1) is 0 Å². The topological polar surface area (TPSA) is 90.9 Å². The zero-order valence-electron chi connectivity index (χ0n) is 14.5. The maximum absolute atomic E-state index is 12.3. The van der Waals surface area contributed by atoms with Crippen LogP contribution in [-0.2, 0) is 23.9 Å². The van der Waals surface area contributed by atoms with Crippen molar-refractivity contribution in [2.24, 2.45) is 5.41 Å². The highest BCUT2D eigenvalue weighted by molar-refractivity contribution is 6.08. The van der Waals surface area contributed by atoms with Gasteiger partial charge in [0.25, 0.3) is 0 Å². The number of methoxy groups -OCH3 is 2. The number of esters is 2. The molecule has 0 spiro atoms. The quantitative estimate of drug-likeness (QED) is 0.571. The Morgan fingerprint density at radius 2 is 1.75 bits per heavy atom. The Morgan fingerprint density at radius 1 is 1.17 bits per heavy atom. The summed E-state index contributed by atoms with van der Waals surface area (Å²) in [4.78, 5) is 36.7. The van der Waals surface area contributed by atoms with Gasteiger partial charge in [0, 0.05) is 5.69 Å². The Kier molecular flexibility index (Phi) is 6.76. The van der Waals surface area contributed by atoms with Gasteiger partial charge in [-0.1, -0.05) is 0 Å². The molecule has 0 aliphatic carbocycles. The smallest absolute Gasteiger partial charge is 0.329 e. The second-order valence-corrected chi connectivity index (χ2v) is 5.31. The maximum Gasteiger partial charge on any atom is 0.329 e. The minimum atomic E-state index is -1.72. The fourth-order valence-electron chi connectivity index (χ4n) is 2.16. The zero-order valence-corrected chi connectivity index (χ0v) is 14.5. The molecule has 0 amide bonds. The molecule has 0 aliphatic heterocycles. The van der Waals surface area contributed by atoms with E-state index >= 15 is 0 Å². The van der Waals surface area contributed by atoms with Crippen LogP contribution in [0.4, 0.5) is 5.69 Å². The Bertz CT molecular complexity index is 598. The molecule has 0 aliphatic rings. The second-order valence-electron chi connectivity index (χ2n) is 5.31. The van der Waals surface area contributed by atoms with Gasteiger partial charge >= 0.3 is 11.9 Å². The first-order valence-electron chi connectivity index (χ1n) is 7.47. The Hall–Kier alpha value is -2.57. The van der Waals surface area contributed by atoms with Gasteiger partial charge in [0.05, 0.1) is 20.8 Å². The lowest BCUT2D eigenvalue weighted by molar-refractivity contribution is -0.165. The summed E-state index contributed by atoms with van der Waals surface area (Å²) in [5, 5.41) is 2.89. The van der Waals surface area contributed by atoms with E-state index in [1.54, 1.807) is 31.2 Å². The molecule has 0 saturated heterocycles. The van der Waals surface area contributed by atoms with E-state index < -0.39 is 29.2 Å². The van der Waals surface area contributed by atoms with Crippen molar-refractivity contribution in [3.8, 4) is 5.75 Å². The molecule has 0 radical (unpaired) electrons. The summed E-state index contributed by atoms with van der Waals surface area (Å²) in [7, 11) is 2.73. The standard InChI is InChI=1S/C17H23NO6/c1-6-24-16(21)17(3,11(2)19)14(15(20)23-5)18-12-7-9-13(22-4)10-8-12/h7-10,14,18H,6H2,1-5H3. The van der Waals surface area contributed by atoms with Gasteiger partial charge in [-0.05, 0) is 45.0 Å². The molecule has 0 aromatic heterocycles. The van der Waals surface area contributed by atoms with E-state index in [9.17, 15) is 14.4 Å². The van der Waals surface area contributed by atoms with Crippen LogP contribution in [-0.4, -0.2) is 44.6 Å². The normalized spacial score (nSPS) is 14.0. The molecular formula is C17H23NO6. The van der Waals surface area contributed by atoms with Gasteiger partial charge in [-0.25, -0.2) is 4.79 Å². The molecule has 1 rings (SSSR count). The molecule has 0 fully saturated rings. The summed E-state index contributed by atoms with van der Waals surface area (Å²) in [6.07, 6.45) is 0. The highest BCUT2D eigenvalue weighted by Gasteiger charge is 2.51. The number of nitrogens with one attached hydrogen (secondary N) is 1. The van der Waals surface area contributed by atoms with Gasteiger partial charge in [0.2, 0.25) is 0 Å². The molecule has 7 nitrogen and oxygen atoms in total. The van der Waals surface area contributed by atoms with E-state index in [-0.39, 0.29) is 6.61 Å². The van der Waals surface area contributed by atoms with Crippen LogP contribution >= 0.6 is 0 Å². The van der Waals surface area contributed by atoms with Crippen molar-refractivity contribution < 1.29 is 28.6 Å². The fraction of sp³-hybridized carbons (Fsp3) is 0.471. The van der Waals surface area contributed by atoms with Crippen molar-refractivity contribution in [1.29, 1.82) is 0 Å². The van der Waals surface area contributed by atoms with Gasteiger partial charge in [0.1, 0.15) is 17.6 Å². The molecule has 0 bridgehead atoms. The molecule has 7 heteroatoms. The van der Waals surface area contributed by atoms with Crippen LogP contribution in [0.5, 0.6) is 5.75 Å². The molecule has 1 aromatic carbocycles. The predicted molar refractivity (Wildman–Crippen MR) is 87.8 cm³/mol. The third kappa shape index (κ3) is 4.04. The summed E-state index contributed by atoms with van der Waals surface area (Å²) in [5.74, 6) is -1.39. The first-order chi connectivity index (χ1) is 11.3. The van der Waals surface area contributed by atoms with Crippen LogP contribution in [0.2, 0.25) is 0 Å². The molecule has 2 atom stereocenters. The first-order valence-corrected chi connectivity index (χ1v) is 7.47. The van der Waals surface area contributed by atoms with E-state index in [4.69, 9.17) is 14.2 Å². The molecule has 0 saturated carbocycles. The van der Waals surface area contributed by atoms with Crippen LogP contribution in [0.15, 0.2) is 24.3 Å². The lowest BCUT2D eigenvalue weighted by Crippen LogP contribution is -2.54. The molecular weight excluding hydrogens is 314 g/mol. The van der Waals surface area contributed by atoms with Crippen molar-refractivity contribution in [2.45, 2.75) is 26.8 Å². The highest BCUT2D eigenvalue weighted by atomic mass is 16.5. The van der Waals surface area contributed by atoms with Crippen molar-refractivity contribution in [1.82, 2.24) is 0 Å². The summed E-state index contributed by atoms with van der Waals surface area (Å²) >= 11 is 0. The van der Waals surface area contributed by atoms with Crippen LogP contribution in [0.3, 0.4) is 0 Å². The Labute approximate surface area is 141 Å². The zero-order chi connectivity index (χ0) is 18.3. The number of benzene rings is 1. The monoisotopic (exact) mass is 337 g/mol. The summed E-state index contributed by atoms with van der Waals surface area (Å²) in [6, 6.07) is 5.48. The number of carbonyl (C=O) groups is 3. The predicted octanol–water partition coefficient (Wildman–Crippen LogP) is 1.81. The maximum atomic E-state index is 12.3. The average Bonchev–Trinajstić information content (AvgIpc) is 2.58. The van der Waals surface area contributed by atoms with Gasteiger partial charge in [-0.2, -0.15) is 0 Å². The number of hydrogen-bond donors (Lipinski definition) is 1. The largest absolute Gasteiger partial charge is 0.497 e. The minimum Gasteiger partial charge on any atom is -0.497 e. The lowest BCUT2D eigenvalue weighted by Gasteiger charge is -2.32. The number of Topliss-reactive ketones (excluding diaryl/α,β-unsaturated/α-hetero) is 1. The van der Waals surface area contributed by atoms with Crippen molar-refractivity contribution in [3.05, 3.63) is 24.3 Å². The Morgan fingerprint density at radius 3 is 2.17 bits per heavy atom. The number of ether oxygens (including phenoxy) is 3. The number of anilines is 1. The third-order valence-corrected chi connectivity index (χ3v) is 3.85. The number of rotatable bonds is 8. The van der Waals surface area contributed by atoms with E-state index in [0.717, 1.165) is 0 Å². The van der Waals surface area contributed by atoms with Crippen LogP contribution in [0.1, 0.15) is 20.8 Å². The summed E-state index contributed by atoms with van der Waals surface area (Å²) in [6.45, 7) is 4.33. The van der Waals surface area contributed by atoms with Crippen molar-refractivity contribution in [2.75, 3.05) is 26.1 Å². The van der Waals surface area contributed by atoms with Crippen molar-refractivity contribution >= 4 is 23.4 Å². The van der Waals surface area contributed by atoms with Gasteiger partial charge < -0.3 is 19.5 Å². The summed E-state index contributed by atoms with van der Waals surface area (Å²) in [5.41, 5.74) is -1.19. The summed E-state index contributed by atoms with van der Waals surface area (Å²) < 4.78 is 14.8. The highest BCUT2D eigenvalue weighted by Crippen LogP contribution is 2.29. The van der Waals surface area contributed by atoms with Crippen LogP contribution < -0.4 is 10.1 Å². The number of hydrogen-bond acceptors (Lipinski definition) is 7. The van der Waals surface area contributed by atoms with E-state index in [0.29, 0.717) is 11.4 Å². The van der Waals surface area contributed by atoms with E-state index in [1.807, 2.05) is 0 Å². The van der Waals surface area contributed by atoms with Gasteiger partial charge in [0.15, 0.2) is 5.41 Å². The van der Waals surface area contributed by atoms with Crippen LogP contribution in [0, 0.1) is 5.41 Å². The lowest BCUT2D eigenvalue weighted by atomic mass is 9.78. The van der Waals surface area contributed by atoms with Crippen molar-refractivity contribution in [3.63, 3.8) is 0 Å². The average molecular weight is 337 g/mol. The molecule has 132 valence electrons. The van der Waals surface area contributed by atoms with E-state index in [1.165, 1.54) is 28.1 Å². The molecule has 2 unspecified atom stereocenters. The Balaban J connectivity index is 3.23. The molecule has 1 N–H and O–H groups in total. The molecule has 0 heterocycles. The molecule has 1 aromatic rings.